The standard InChI is InChI=1S/C10H10FNO.ClH/c1-6-8-4-7(11)2-3-9(8)13-10(6)5-12;/h2-4H,5,12H2,1H3;1H. The van der Waals surface area contributed by atoms with Crippen LogP contribution in [-0.2, 0) is 6.54 Å². The van der Waals surface area contributed by atoms with Crippen molar-refractivity contribution in [3.05, 3.63) is 35.3 Å². The molecule has 2 rings (SSSR count). The molecule has 0 unspecified atom stereocenters. The molecule has 1 aromatic carbocycles. The van der Waals surface area contributed by atoms with Gasteiger partial charge in [-0.2, -0.15) is 0 Å². The van der Waals surface area contributed by atoms with Crippen LogP contribution in [0, 0.1) is 12.7 Å². The molecule has 0 bridgehead atoms. The predicted octanol–water partition coefficient (Wildman–Crippen LogP) is 2.76. The summed E-state index contributed by atoms with van der Waals surface area (Å²) >= 11 is 0. The van der Waals surface area contributed by atoms with E-state index in [0.29, 0.717) is 12.1 Å². The molecular weight excluding hydrogens is 205 g/mol. The van der Waals surface area contributed by atoms with Crippen molar-refractivity contribution in [1.29, 1.82) is 0 Å². The molecule has 0 aliphatic rings. The Bertz CT molecular complexity index is 453. The first-order valence-electron chi connectivity index (χ1n) is 4.10. The normalized spacial score (nSPS) is 10.2. The van der Waals surface area contributed by atoms with Gasteiger partial charge in [0.25, 0.3) is 0 Å². The van der Waals surface area contributed by atoms with Crippen LogP contribution in [0.15, 0.2) is 22.6 Å². The number of nitrogens with two attached hydrogens (primary N) is 1. The van der Waals surface area contributed by atoms with Crippen LogP contribution in [0.4, 0.5) is 4.39 Å². The highest BCUT2D eigenvalue weighted by Crippen LogP contribution is 2.25. The maximum Gasteiger partial charge on any atom is 0.134 e. The van der Waals surface area contributed by atoms with E-state index in [1.54, 1.807) is 6.07 Å². The van der Waals surface area contributed by atoms with Crippen LogP contribution in [0.3, 0.4) is 0 Å². The van der Waals surface area contributed by atoms with Crippen molar-refractivity contribution < 1.29 is 8.81 Å². The molecule has 0 aliphatic carbocycles. The molecule has 0 fully saturated rings. The highest BCUT2D eigenvalue weighted by Gasteiger charge is 2.08. The molecule has 0 aliphatic heterocycles. The lowest BCUT2D eigenvalue weighted by molar-refractivity contribution is 0.548. The smallest absolute Gasteiger partial charge is 0.134 e. The summed E-state index contributed by atoms with van der Waals surface area (Å²) in [6.07, 6.45) is 0. The zero-order valence-corrected chi connectivity index (χ0v) is 8.53. The van der Waals surface area contributed by atoms with E-state index in [9.17, 15) is 4.39 Å². The second-order valence-electron chi connectivity index (χ2n) is 2.99. The quantitative estimate of drug-likeness (QED) is 0.795. The van der Waals surface area contributed by atoms with Crippen molar-refractivity contribution in [2.24, 2.45) is 5.73 Å². The molecule has 0 spiro atoms. The highest BCUT2D eigenvalue weighted by atomic mass is 35.5. The van der Waals surface area contributed by atoms with Gasteiger partial charge in [0.2, 0.25) is 0 Å². The van der Waals surface area contributed by atoms with Crippen molar-refractivity contribution >= 4 is 23.4 Å². The maximum absolute atomic E-state index is 12.9. The van der Waals surface area contributed by atoms with Crippen molar-refractivity contribution in [2.45, 2.75) is 13.5 Å². The third-order valence-corrected chi connectivity index (χ3v) is 2.18. The molecule has 0 radical (unpaired) electrons. The Balaban J connectivity index is 0.000000980. The number of halogens is 2. The molecule has 0 atom stereocenters. The zero-order chi connectivity index (χ0) is 9.42. The number of rotatable bonds is 1. The molecule has 1 heterocycles. The number of hydrogen-bond donors (Lipinski definition) is 1. The summed E-state index contributed by atoms with van der Waals surface area (Å²) in [5, 5.41) is 0.806. The molecule has 2 N–H and O–H groups in total. The first-order chi connectivity index (χ1) is 6.22. The molecule has 0 saturated carbocycles. The van der Waals surface area contributed by atoms with Crippen molar-refractivity contribution in [2.75, 3.05) is 0 Å². The number of fused-ring (bicyclic) bond motifs is 1. The monoisotopic (exact) mass is 215 g/mol. The van der Waals surface area contributed by atoms with E-state index in [2.05, 4.69) is 0 Å². The Hall–Kier alpha value is -1.06. The Morgan fingerprint density at radius 2 is 2.14 bits per heavy atom. The van der Waals surface area contributed by atoms with Crippen molar-refractivity contribution in [3.8, 4) is 0 Å². The molecule has 2 aromatic rings. The predicted molar refractivity (Wildman–Crippen MR) is 56.0 cm³/mol. The Morgan fingerprint density at radius 3 is 2.79 bits per heavy atom. The molecule has 4 heteroatoms. The van der Waals surface area contributed by atoms with Gasteiger partial charge in [-0.15, -0.1) is 12.4 Å². The highest BCUT2D eigenvalue weighted by molar-refractivity contribution is 5.85. The number of aryl methyl sites for hydroxylation is 1. The summed E-state index contributed by atoms with van der Waals surface area (Å²) in [4.78, 5) is 0. The second-order valence-corrected chi connectivity index (χ2v) is 2.99. The lowest BCUT2D eigenvalue weighted by Gasteiger charge is -1.89. The second kappa shape index (κ2) is 3.98. The summed E-state index contributed by atoms with van der Waals surface area (Å²) in [5.41, 5.74) is 7.09. The van der Waals surface area contributed by atoms with Crippen LogP contribution >= 0.6 is 12.4 Å². The van der Waals surface area contributed by atoms with Gasteiger partial charge in [-0.25, -0.2) is 4.39 Å². The molecule has 14 heavy (non-hydrogen) atoms. The third-order valence-electron chi connectivity index (χ3n) is 2.18. The summed E-state index contributed by atoms with van der Waals surface area (Å²) < 4.78 is 18.3. The van der Waals surface area contributed by atoms with Crippen LogP contribution in [0.1, 0.15) is 11.3 Å². The number of hydrogen-bond acceptors (Lipinski definition) is 2. The molecule has 0 amide bonds. The van der Waals surface area contributed by atoms with E-state index >= 15 is 0 Å². The van der Waals surface area contributed by atoms with Crippen molar-refractivity contribution in [1.82, 2.24) is 0 Å². The summed E-state index contributed by atoms with van der Waals surface area (Å²) in [6, 6.07) is 4.47. The summed E-state index contributed by atoms with van der Waals surface area (Å²) in [7, 11) is 0. The van der Waals surface area contributed by atoms with E-state index in [4.69, 9.17) is 10.2 Å². The minimum Gasteiger partial charge on any atom is -0.459 e. The van der Waals surface area contributed by atoms with Crippen LogP contribution < -0.4 is 5.73 Å². The minimum atomic E-state index is -0.250. The van der Waals surface area contributed by atoms with E-state index in [-0.39, 0.29) is 18.2 Å². The average molecular weight is 216 g/mol. The lowest BCUT2D eigenvalue weighted by Crippen LogP contribution is -1.95. The third kappa shape index (κ3) is 1.61. The van der Waals surface area contributed by atoms with E-state index in [1.807, 2.05) is 6.92 Å². The van der Waals surface area contributed by atoms with Gasteiger partial charge in [0.05, 0.1) is 6.54 Å². The van der Waals surface area contributed by atoms with Crippen LogP contribution in [0.5, 0.6) is 0 Å². The topological polar surface area (TPSA) is 39.2 Å². The van der Waals surface area contributed by atoms with Gasteiger partial charge in [0, 0.05) is 5.39 Å². The van der Waals surface area contributed by atoms with Gasteiger partial charge in [-0.1, -0.05) is 0 Å². The van der Waals surface area contributed by atoms with Gasteiger partial charge in [0.15, 0.2) is 0 Å². The van der Waals surface area contributed by atoms with E-state index in [0.717, 1.165) is 16.7 Å². The van der Waals surface area contributed by atoms with Crippen LogP contribution in [0.2, 0.25) is 0 Å². The fraction of sp³-hybridized carbons (Fsp3) is 0.200. The van der Waals surface area contributed by atoms with Gasteiger partial charge >= 0.3 is 0 Å². The summed E-state index contributed by atoms with van der Waals surface area (Å²) in [5.74, 6) is 0.473. The van der Waals surface area contributed by atoms with Gasteiger partial charge < -0.3 is 10.2 Å². The first kappa shape index (κ1) is 11.0. The lowest BCUT2D eigenvalue weighted by atomic mass is 10.1. The van der Waals surface area contributed by atoms with Gasteiger partial charge in [0.1, 0.15) is 17.2 Å². The molecular formula is C10H11ClFNO. The zero-order valence-electron chi connectivity index (χ0n) is 7.71. The van der Waals surface area contributed by atoms with E-state index < -0.39 is 0 Å². The van der Waals surface area contributed by atoms with Gasteiger partial charge in [-0.05, 0) is 30.7 Å². The Morgan fingerprint density at radius 1 is 1.43 bits per heavy atom. The SMILES string of the molecule is Cc1c(CN)oc2ccc(F)cc12.Cl. The van der Waals surface area contributed by atoms with E-state index in [1.165, 1.54) is 12.1 Å². The largest absolute Gasteiger partial charge is 0.459 e. The van der Waals surface area contributed by atoms with Gasteiger partial charge in [-0.3, -0.25) is 0 Å². The average Bonchev–Trinajstić information content (AvgIpc) is 2.44. The van der Waals surface area contributed by atoms with Crippen LogP contribution in [-0.4, -0.2) is 0 Å². The Labute approximate surface area is 87.3 Å². The first-order valence-corrected chi connectivity index (χ1v) is 4.10. The number of benzene rings is 1. The Kier molecular flexibility index (Phi) is 3.13. The van der Waals surface area contributed by atoms with Crippen molar-refractivity contribution in [3.63, 3.8) is 0 Å². The molecule has 0 saturated heterocycles. The fourth-order valence-corrected chi connectivity index (χ4v) is 1.44. The van der Waals surface area contributed by atoms with Crippen LogP contribution in [0.25, 0.3) is 11.0 Å². The molecule has 2 nitrogen and oxygen atoms in total. The fourth-order valence-electron chi connectivity index (χ4n) is 1.44. The minimum absolute atomic E-state index is 0. The summed E-state index contributed by atoms with van der Waals surface area (Å²) in [6.45, 7) is 2.23. The molecule has 76 valence electrons. The maximum atomic E-state index is 12.9. The number of furan rings is 1. The molecule has 1 aromatic heterocycles.